The first-order valence-corrected chi connectivity index (χ1v) is 6.05. The number of carbonyl (C=O) groups is 1. The topological polar surface area (TPSA) is 85.0 Å². The molecule has 1 atom stereocenters. The van der Waals surface area contributed by atoms with Crippen LogP contribution < -0.4 is 10.6 Å². The maximum atomic E-state index is 11.7. The highest BCUT2D eigenvalue weighted by molar-refractivity contribution is 5.74. The van der Waals surface area contributed by atoms with Gasteiger partial charge < -0.3 is 15.1 Å². The molecule has 0 aromatic carbocycles. The second-order valence-corrected chi connectivity index (χ2v) is 4.31. The van der Waals surface area contributed by atoms with E-state index in [9.17, 15) is 4.79 Å². The summed E-state index contributed by atoms with van der Waals surface area (Å²) in [5, 5.41) is 9.49. The van der Waals surface area contributed by atoms with E-state index in [-0.39, 0.29) is 12.1 Å². The molecule has 0 radical (unpaired) electrons. The van der Waals surface area contributed by atoms with Crippen LogP contribution in [0.3, 0.4) is 0 Å². The first-order valence-electron chi connectivity index (χ1n) is 6.05. The summed E-state index contributed by atoms with van der Waals surface area (Å²) in [7, 11) is 1.78. The van der Waals surface area contributed by atoms with Crippen molar-refractivity contribution in [3.63, 3.8) is 0 Å². The lowest BCUT2D eigenvalue weighted by molar-refractivity contribution is 0.236. The van der Waals surface area contributed by atoms with Crippen LogP contribution in [-0.2, 0) is 20.0 Å². The van der Waals surface area contributed by atoms with Gasteiger partial charge in [0.25, 0.3) is 0 Å². The van der Waals surface area contributed by atoms with Crippen LogP contribution in [0.2, 0.25) is 0 Å². The molecule has 102 valence electrons. The molecule has 2 aromatic rings. The number of amides is 2. The third-order valence-corrected chi connectivity index (χ3v) is 2.68. The summed E-state index contributed by atoms with van der Waals surface area (Å²) in [5.41, 5.74) is 0. The van der Waals surface area contributed by atoms with Crippen LogP contribution in [0.5, 0.6) is 0 Å². The summed E-state index contributed by atoms with van der Waals surface area (Å²) in [6, 6.07) is 3.47. The number of aryl methyl sites for hydroxylation is 1. The summed E-state index contributed by atoms with van der Waals surface area (Å²) < 4.78 is 6.84. The molecule has 0 saturated carbocycles. The molecule has 2 amide bonds. The number of hydrogen-bond donors (Lipinski definition) is 2. The molecule has 7 nitrogen and oxygen atoms in total. The Kier molecular flexibility index (Phi) is 4.17. The number of nitrogens with one attached hydrogen (secondary N) is 2. The normalized spacial score (nSPS) is 12.1. The molecule has 7 heteroatoms. The van der Waals surface area contributed by atoms with Gasteiger partial charge in [0, 0.05) is 19.5 Å². The first kappa shape index (κ1) is 13.1. The maximum absolute atomic E-state index is 11.7. The van der Waals surface area contributed by atoms with Gasteiger partial charge in [-0.1, -0.05) is 0 Å². The number of furan rings is 1. The number of aromatic nitrogens is 3. The van der Waals surface area contributed by atoms with Crippen LogP contribution in [0.4, 0.5) is 4.79 Å². The van der Waals surface area contributed by atoms with Crippen molar-refractivity contribution in [3.8, 4) is 0 Å². The van der Waals surface area contributed by atoms with E-state index in [4.69, 9.17) is 4.42 Å². The fourth-order valence-electron chi connectivity index (χ4n) is 1.70. The molecule has 2 N–H and O–H groups in total. The number of carbonyl (C=O) groups excluding carboxylic acids is 1. The SMILES string of the molecule is C[C@@H](Cc1ccco1)NC(=O)NCc1ncnn1C. The van der Waals surface area contributed by atoms with Gasteiger partial charge >= 0.3 is 6.03 Å². The maximum Gasteiger partial charge on any atom is 0.315 e. The van der Waals surface area contributed by atoms with E-state index in [0.717, 1.165) is 5.76 Å². The molecule has 0 saturated heterocycles. The van der Waals surface area contributed by atoms with Crippen LogP contribution in [0.15, 0.2) is 29.1 Å². The van der Waals surface area contributed by atoms with Gasteiger partial charge in [0.05, 0.1) is 12.8 Å². The Morgan fingerprint density at radius 3 is 3.05 bits per heavy atom. The Morgan fingerprint density at radius 1 is 1.58 bits per heavy atom. The summed E-state index contributed by atoms with van der Waals surface area (Å²) in [6.07, 6.45) is 3.73. The van der Waals surface area contributed by atoms with Crippen LogP contribution >= 0.6 is 0 Å². The minimum absolute atomic E-state index is 0.00866. The summed E-state index contributed by atoms with van der Waals surface area (Å²) in [4.78, 5) is 15.7. The van der Waals surface area contributed by atoms with Gasteiger partial charge in [-0.15, -0.1) is 0 Å². The van der Waals surface area contributed by atoms with Gasteiger partial charge in [0.1, 0.15) is 17.9 Å². The Hall–Kier alpha value is -2.31. The number of nitrogens with zero attached hydrogens (tertiary/aromatic N) is 3. The molecule has 0 bridgehead atoms. The van der Waals surface area contributed by atoms with Crippen molar-refractivity contribution in [2.75, 3.05) is 0 Å². The smallest absolute Gasteiger partial charge is 0.315 e. The molecule has 0 aliphatic carbocycles. The van der Waals surface area contributed by atoms with Crippen LogP contribution in [-0.4, -0.2) is 26.8 Å². The number of hydrogen-bond acceptors (Lipinski definition) is 4. The zero-order valence-corrected chi connectivity index (χ0v) is 11.0. The average molecular weight is 263 g/mol. The van der Waals surface area contributed by atoms with Crippen molar-refractivity contribution >= 4 is 6.03 Å². The Balaban J connectivity index is 1.73. The monoisotopic (exact) mass is 263 g/mol. The second kappa shape index (κ2) is 6.03. The third-order valence-electron chi connectivity index (χ3n) is 2.68. The number of rotatable bonds is 5. The van der Waals surface area contributed by atoms with E-state index in [2.05, 4.69) is 20.7 Å². The molecule has 0 spiro atoms. The van der Waals surface area contributed by atoms with Gasteiger partial charge in [0.15, 0.2) is 0 Å². The van der Waals surface area contributed by atoms with Crippen molar-refractivity contribution in [1.29, 1.82) is 0 Å². The molecular weight excluding hydrogens is 246 g/mol. The minimum Gasteiger partial charge on any atom is -0.469 e. The molecule has 2 rings (SSSR count). The lowest BCUT2D eigenvalue weighted by Gasteiger charge is -2.13. The Morgan fingerprint density at radius 2 is 2.42 bits per heavy atom. The lowest BCUT2D eigenvalue weighted by Crippen LogP contribution is -2.41. The minimum atomic E-state index is -0.234. The van der Waals surface area contributed by atoms with E-state index in [1.807, 2.05) is 19.1 Å². The highest BCUT2D eigenvalue weighted by atomic mass is 16.3. The van der Waals surface area contributed by atoms with Crippen molar-refractivity contribution < 1.29 is 9.21 Å². The van der Waals surface area contributed by atoms with Crippen LogP contribution in [0, 0.1) is 0 Å². The van der Waals surface area contributed by atoms with Crippen LogP contribution in [0.25, 0.3) is 0 Å². The molecule has 2 heterocycles. The van der Waals surface area contributed by atoms with Crippen molar-refractivity contribution in [2.24, 2.45) is 7.05 Å². The second-order valence-electron chi connectivity index (χ2n) is 4.31. The zero-order chi connectivity index (χ0) is 13.7. The van der Waals surface area contributed by atoms with E-state index < -0.39 is 0 Å². The lowest BCUT2D eigenvalue weighted by atomic mass is 10.2. The first-order chi connectivity index (χ1) is 9.15. The van der Waals surface area contributed by atoms with E-state index in [1.54, 1.807) is 18.0 Å². The molecule has 0 unspecified atom stereocenters. The third kappa shape index (κ3) is 3.84. The van der Waals surface area contributed by atoms with Crippen molar-refractivity contribution in [2.45, 2.75) is 25.9 Å². The average Bonchev–Trinajstić information content (AvgIpc) is 2.98. The molecule has 0 fully saturated rings. The Bertz CT molecular complexity index is 520. The van der Waals surface area contributed by atoms with Crippen molar-refractivity contribution in [1.82, 2.24) is 25.4 Å². The van der Waals surface area contributed by atoms with Crippen molar-refractivity contribution in [3.05, 3.63) is 36.3 Å². The molecule has 0 aliphatic heterocycles. The Labute approximate surface area is 111 Å². The van der Waals surface area contributed by atoms with Crippen LogP contribution in [0.1, 0.15) is 18.5 Å². The highest BCUT2D eigenvalue weighted by Crippen LogP contribution is 2.03. The van der Waals surface area contributed by atoms with E-state index in [0.29, 0.717) is 18.8 Å². The largest absolute Gasteiger partial charge is 0.469 e. The fraction of sp³-hybridized carbons (Fsp3) is 0.417. The van der Waals surface area contributed by atoms with Gasteiger partial charge in [-0.05, 0) is 19.1 Å². The summed E-state index contributed by atoms with van der Waals surface area (Å²) >= 11 is 0. The standard InChI is InChI=1S/C12H17N5O2/c1-9(6-10-4-3-5-19-10)16-12(18)13-7-11-14-8-15-17(11)2/h3-5,8-9H,6-7H2,1-2H3,(H2,13,16,18)/t9-/m0/s1. The summed E-state index contributed by atoms with van der Waals surface area (Å²) in [5.74, 6) is 1.55. The predicted octanol–water partition coefficient (Wildman–Crippen LogP) is 0.838. The molecular formula is C12H17N5O2. The molecule has 19 heavy (non-hydrogen) atoms. The van der Waals surface area contributed by atoms with Gasteiger partial charge in [-0.3, -0.25) is 4.68 Å². The number of urea groups is 1. The van der Waals surface area contributed by atoms with Gasteiger partial charge in [-0.2, -0.15) is 5.10 Å². The quantitative estimate of drug-likeness (QED) is 0.837. The predicted molar refractivity (Wildman–Crippen MR) is 68.2 cm³/mol. The summed E-state index contributed by atoms with van der Waals surface area (Å²) in [6.45, 7) is 2.26. The highest BCUT2D eigenvalue weighted by Gasteiger charge is 2.10. The van der Waals surface area contributed by atoms with E-state index >= 15 is 0 Å². The van der Waals surface area contributed by atoms with E-state index in [1.165, 1.54) is 6.33 Å². The fourth-order valence-corrected chi connectivity index (χ4v) is 1.70. The molecule has 0 aliphatic rings. The van der Waals surface area contributed by atoms with Gasteiger partial charge in [0.2, 0.25) is 0 Å². The van der Waals surface area contributed by atoms with Gasteiger partial charge in [-0.25, -0.2) is 9.78 Å². The molecule has 2 aromatic heterocycles. The zero-order valence-electron chi connectivity index (χ0n) is 11.0.